The van der Waals surface area contributed by atoms with Crippen LogP contribution >= 0.6 is 0 Å². The molecule has 1 aromatic rings. The average molecular weight is 472 g/mol. The van der Waals surface area contributed by atoms with E-state index in [1.165, 1.54) is 24.8 Å². The number of carbonyl (C=O) groups excluding carboxylic acids is 2. The quantitative estimate of drug-likeness (QED) is 0.372. The van der Waals surface area contributed by atoms with Gasteiger partial charge < -0.3 is 20.8 Å². The third-order valence-corrected chi connectivity index (χ3v) is 4.68. The van der Waals surface area contributed by atoms with Crippen LogP contribution in [0.3, 0.4) is 0 Å². The molecule has 0 saturated carbocycles. The number of aliphatic imine (C=N–C) groups is 2. The maximum absolute atomic E-state index is 12.4. The number of hydrogen-bond acceptors (Lipinski definition) is 8. The summed E-state index contributed by atoms with van der Waals surface area (Å²) in [7, 11) is 0. The van der Waals surface area contributed by atoms with E-state index in [9.17, 15) is 19.8 Å². The Morgan fingerprint density at radius 1 is 0.806 bits per heavy atom. The Morgan fingerprint density at radius 3 is 1.55 bits per heavy atom. The van der Waals surface area contributed by atoms with E-state index >= 15 is 0 Å². The largest absolute Gasteiger partial charge is 0.392 e. The van der Waals surface area contributed by atoms with Gasteiger partial charge in [-0.05, 0) is 26.0 Å². The van der Waals surface area contributed by atoms with Crippen molar-refractivity contribution in [3.05, 3.63) is 71.4 Å². The maximum Gasteiger partial charge on any atom is 0.208 e. The summed E-state index contributed by atoms with van der Waals surface area (Å²) >= 11 is 0. The van der Waals surface area contributed by atoms with E-state index in [-0.39, 0.29) is 44.3 Å². The van der Waals surface area contributed by atoms with Crippen molar-refractivity contribution < 1.29 is 39.3 Å². The minimum absolute atomic E-state index is 0. The van der Waals surface area contributed by atoms with Gasteiger partial charge in [-0.15, -0.1) is 0 Å². The predicted molar refractivity (Wildman–Crippen MR) is 116 cm³/mol. The van der Waals surface area contributed by atoms with Crippen molar-refractivity contribution in [2.45, 2.75) is 13.8 Å². The van der Waals surface area contributed by atoms with Gasteiger partial charge in [0.05, 0.1) is 36.0 Å². The van der Waals surface area contributed by atoms with Crippen LogP contribution in [0.4, 0.5) is 11.4 Å². The van der Waals surface area contributed by atoms with Gasteiger partial charge in [0.1, 0.15) is 0 Å². The molecule has 3 rings (SSSR count). The van der Waals surface area contributed by atoms with Gasteiger partial charge in [0.15, 0.2) is 0 Å². The fourth-order valence-electron chi connectivity index (χ4n) is 2.89. The zero-order valence-electron chi connectivity index (χ0n) is 17.3. The van der Waals surface area contributed by atoms with Gasteiger partial charge in [0, 0.05) is 66.6 Å². The molecule has 156 valence electrons. The monoisotopic (exact) mass is 470 g/mol. The van der Waals surface area contributed by atoms with E-state index in [2.05, 4.69) is 20.6 Å². The molecule has 0 amide bonds. The number of para-hydroxylation sites is 2. The molecule has 0 radical (unpaired) electrons. The van der Waals surface area contributed by atoms with Crippen LogP contribution in [-0.2, 0) is 29.1 Å². The van der Waals surface area contributed by atoms with Crippen molar-refractivity contribution in [1.29, 1.82) is 0 Å². The number of Topliss-reactive ketones (excluding diaryl/α,β-unsaturated/α-hetero) is 2. The summed E-state index contributed by atoms with van der Waals surface area (Å²) in [6.07, 6.45) is 6.00. The van der Waals surface area contributed by atoms with Gasteiger partial charge in [0.2, 0.25) is 11.6 Å². The number of anilines is 2. The van der Waals surface area contributed by atoms with Crippen LogP contribution in [0, 0.1) is 0 Å². The molecule has 9 heteroatoms. The van der Waals surface area contributed by atoms with E-state index in [4.69, 9.17) is 0 Å². The Bertz CT molecular complexity index is 996. The number of nitrogens with zero attached hydrogens (tertiary/aromatic N) is 2. The molecule has 2 aliphatic heterocycles. The molecule has 1 aromatic carbocycles. The summed E-state index contributed by atoms with van der Waals surface area (Å²) in [5, 5.41) is 25.1. The first-order valence-corrected chi connectivity index (χ1v) is 9.27. The summed E-state index contributed by atoms with van der Waals surface area (Å²) in [5.41, 5.74) is 3.48. The number of hydrogen-bond donors (Lipinski definition) is 4. The Kier molecular flexibility index (Phi) is 8.50. The summed E-state index contributed by atoms with van der Waals surface area (Å²) in [6.45, 7) is 2.62. The standard InChI is InChI=1S/C22H22N4O4.Zn/c1-13-21(29)17(15(11-27)7-23-13)9-25-19-5-3-4-6-20(19)26-10-18-16(12-28)8-24-14(2)22(18)30;/h3-10,25-28H,11-12H2,1-2H3;. The van der Waals surface area contributed by atoms with Crippen LogP contribution in [0.5, 0.6) is 0 Å². The Balaban J connectivity index is 0.00000341. The Labute approximate surface area is 192 Å². The molecule has 4 N–H and O–H groups in total. The van der Waals surface area contributed by atoms with Crippen molar-refractivity contribution >= 4 is 34.4 Å². The number of aliphatic hydroxyl groups excluding tert-OH is 2. The summed E-state index contributed by atoms with van der Waals surface area (Å²) in [4.78, 5) is 32.7. The van der Waals surface area contributed by atoms with Gasteiger partial charge in [-0.2, -0.15) is 0 Å². The number of rotatable bonds is 6. The zero-order chi connectivity index (χ0) is 21.7. The number of aliphatic hydroxyl groups is 2. The minimum atomic E-state index is -0.304. The van der Waals surface area contributed by atoms with Crippen LogP contribution in [0.25, 0.3) is 0 Å². The number of nitrogens with one attached hydrogen (secondary N) is 2. The fourth-order valence-corrected chi connectivity index (χ4v) is 2.89. The Morgan fingerprint density at radius 2 is 1.19 bits per heavy atom. The van der Waals surface area contributed by atoms with Crippen molar-refractivity contribution in [3.63, 3.8) is 0 Å². The number of ketones is 2. The topological polar surface area (TPSA) is 123 Å². The molecule has 0 aliphatic carbocycles. The molecule has 0 unspecified atom stereocenters. The predicted octanol–water partition coefficient (Wildman–Crippen LogP) is 2.12. The first kappa shape index (κ1) is 24.3. The maximum atomic E-state index is 12.4. The van der Waals surface area contributed by atoms with E-state index in [1.54, 1.807) is 26.0 Å². The van der Waals surface area contributed by atoms with E-state index < -0.39 is 0 Å². The molecule has 0 fully saturated rings. The average Bonchev–Trinajstić information content (AvgIpc) is 2.76. The summed E-state index contributed by atoms with van der Waals surface area (Å²) in [5.74, 6) is -0.524. The zero-order valence-corrected chi connectivity index (χ0v) is 20.3. The second kappa shape index (κ2) is 10.9. The molecule has 2 aliphatic rings. The Hall–Kier alpha value is -3.00. The number of benzene rings is 1. The molecule has 0 spiro atoms. The first-order chi connectivity index (χ1) is 14.5. The van der Waals surface area contributed by atoms with E-state index in [1.807, 2.05) is 12.1 Å². The first-order valence-electron chi connectivity index (χ1n) is 9.27. The molecule has 0 atom stereocenters. The van der Waals surface area contributed by atoms with Gasteiger partial charge in [-0.1, -0.05) is 12.1 Å². The summed E-state index contributed by atoms with van der Waals surface area (Å²) in [6, 6.07) is 7.23. The molecule has 0 saturated heterocycles. The molecule has 8 nitrogen and oxygen atoms in total. The van der Waals surface area contributed by atoms with Crippen LogP contribution < -0.4 is 10.6 Å². The molecule has 2 heterocycles. The third kappa shape index (κ3) is 5.38. The van der Waals surface area contributed by atoms with Crippen molar-refractivity contribution in [2.24, 2.45) is 9.98 Å². The SMILES string of the molecule is CC1=NC=C(CO)C(=CNc2ccccc2NC=C2C(=O)C(C)=NC=C2CO)C1=O.[Zn]. The molecule has 0 aromatic heterocycles. The van der Waals surface area contributed by atoms with Crippen LogP contribution in [0.1, 0.15) is 13.8 Å². The van der Waals surface area contributed by atoms with Crippen LogP contribution in [0.2, 0.25) is 0 Å². The van der Waals surface area contributed by atoms with E-state index in [0.717, 1.165) is 0 Å². The van der Waals surface area contributed by atoms with E-state index in [0.29, 0.717) is 45.1 Å². The van der Waals surface area contributed by atoms with Crippen LogP contribution in [-0.4, -0.2) is 46.4 Å². The molecule has 0 bridgehead atoms. The van der Waals surface area contributed by atoms with Gasteiger partial charge in [-0.3, -0.25) is 19.6 Å². The van der Waals surface area contributed by atoms with Crippen molar-refractivity contribution in [1.82, 2.24) is 0 Å². The van der Waals surface area contributed by atoms with Gasteiger partial charge >= 0.3 is 0 Å². The van der Waals surface area contributed by atoms with Gasteiger partial charge in [-0.25, -0.2) is 0 Å². The van der Waals surface area contributed by atoms with Crippen molar-refractivity contribution in [3.8, 4) is 0 Å². The van der Waals surface area contributed by atoms with Gasteiger partial charge in [0.25, 0.3) is 0 Å². The van der Waals surface area contributed by atoms with Crippen molar-refractivity contribution in [2.75, 3.05) is 23.8 Å². The number of carbonyl (C=O) groups is 2. The van der Waals surface area contributed by atoms with Crippen LogP contribution in [0.15, 0.2) is 81.3 Å². The smallest absolute Gasteiger partial charge is 0.208 e. The third-order valence-electron chi connectivity index (χ3n) is 4.68. The summed E-state index contributed by atoms with van der Waals surface area (Å²) < 4.78 is 0. The second-order valence-corrected chi connectivity index (χ2v) is 6.66. The normalized spacial score (nSPS) is 18.7. The molecule has 31 heavy (non-hydrogen) atoms. The molecular formula is C22H22N4O4Zn. The second-order valence-electron chi connectivity index (χ2n) is 6.66. The molecular weight excluding hydrogens is 450 g/mol. The fraction of sp³-hybridized carbons (Fsp3) is 0.182. The minimum Gasteiger partial charge on any atom is -0.392 e.